The number of carbonyl (C=O) groups excluding carboxylic acids is 1. The van der Waals surface area contributed by atoms with Crippen LogP contribution >= 0.6 is 23.4 Å². The first-order chi connectivity index (χ1) is 10.5. The molecule has 1 N–H and O–H groups in total. The summed E-state index contributed by atoms with van der Waals surface area (Å²) >= 11 is 7.21. The minimum atomic E-state index is -0.487. The minimum Gasteiger partial charge on any atom is -0.336 e. The number of hydrogen-bond donors (Lipinski definition) is 1. The fourth-order valence-corrected chi connectivity index (χ4v) is 3.06. The van der Waals surface area contributed by atoms with Gasteiger partial charge in [-0.1, -0.05) is 30.3 Å². The number of nitrogens with one attached hydrogen (secondary N) is 1. The van der Waals surface area contributed by atoms with Gasteiger partial charge in [0.05, 0.1) is 4.92 Å². The van der Waals surface area contributed by atoms with Crippen LogP contribution in [0.5, 0.6) is 0 Å². The van der Waals surface area contributed by atoms with Crippen molar-refractivity contribution >= 4 is 45.9 Å². The molecule has 2 amide bonds. The summed E-state index contributed by atoms with van der Waals surface area (Å²) in [6.45, 7) is 3.04. The molecule has 9 heteroatoms. The number of urea groups is 1. The Kier molecular flexibility index (Phi) is 5.62. The lowest BCUT2D eigenvalue weighted by molar-refractivity contribution is -0.384. The van der Waals surface area contributed by atoms with E-state index in [4.69, 9.17) is 11.6 Å². The number of amides is 2. The van der Waals surface area contributed by atoms with Gasteiger partial charge in [-0.25, -0.2) is 4.79 Å². The summed E-state index contributed by atoms with van der Waals surface area (Å²) in [7, 11) is 0. The van der Waals surface area contributed by atoms with E-state index in [1.165, 1.54) is 17.8 Å². The summed E-state index contributed by atoms with van der Waals surface area (Å²) in [4.78, 5) is 28.1. The number of aliphatic imine (C=N–C) groups is 1. The van der Waals surface area contributed by atoms with E-state index in [-0.39, 0.29) is 5.69 Å². The first-order valence-corrected chi connectivity index (χ1v) is 8.10. The Balaban J connectivity index is 2.29. The van der Waals surface area contributed by atoms with Crippen LogP contribution in [0, 0.1) is 10.1 Å². The van der Waals surface area contributed by atoms with Crippen LogP contribution in [0.4, 0.5) is 16.2 Å². The van der Waals surface area contributed by atoms with Gasteiger partial charge in [-0.2, -0.15) is 4.99 Å². The fraction of sp³-hybridized carbons (Fsp3) is 0.385. The SMILES string of the molecule is CCCNC(=O)N=C1SCCN1c1ccc(Cl)cc1[N+](=O)[O-]. The summed E-state index contributed by atoms with van der Waals surface area (Å²) in [5.74, 6) is 0.708. The number of benzene rings is 1. The van der Waals surface area contributed by atoms with Crippen molar-refractivity contribution in [2.75, 3.05) is 23.7 Å². The predicted octanol–water partition coefficient (Wildman–Crippen LogP) is 3.28. The van der Waals surface area contributed by atoms with Crippen LogP contribution in [-0.2, 0) is 0 Å². The van der Waals surface area contributed by atoms with E-state index in [1.54, 1.807) is 17.0 Å². The number of halogens is 1. The highest BCUT2D eigenvalue weighted by molar-refractivity contribution is 8.14. The molecule has 0 unspecified atom stereocenters. The van der Waals surface area contributed by atoms with Crippen LogP contribution in [0.25, 0.3) is 0 Å². The van der Waals surface area contributed by atoms with E-state index in [0.29, 0.717) is 34.7 Å². The quantitative estimate of drug-likeness (QED) is 0.670. The molecule has 1 fully saturated rings. The Morgan fingerprint density at radius 2 is 2.36 bits per heavy atom. The monoisotopic (exact) mass is 342 g/mol. The molecule has 118 valence electrons. The summed E-state index contributed by atoms with van der Waals surface area (Å²) in [5.41, 5.74) is 0.290. The maximum absolute atomic E-state index is 11.7. The van der Waals surface area contributed by atoms with E-state index in [9.17, 15) is 14.9 Å². The molecule has 0 aromatic heterocycles. The summed E-state index contributed by atoms with van der Waals surface area (Å²) in [5, 5.41) is 14.6. The van der Waals surface area contributed by atoms with Gasteiger partial charge in [-0.05, 0) is 18.6 Å². The van der Waals surface area contributed by atoms with E-state index < -0.39 is 11.0 Å². The largest absolute Gasteiger partial charge is 0.343 e. The van der Waals surface area contributed by atoms with E-state index in [0.717, 1.165) is 6.42 Å². The number of rotatable bonds is 4. The van der Waals surface area contributed by atoms with E-state index in [1.807, 2.05) is 6.92 Å². The van der Waals surface area contributed by atoms with Crippen LogP contribution in [0.2, 0.25) is 5.02 Å². The molecule has 0 aliphatic carbocycles. The predicted molar refractivity (Wildman–Crippen MR) is 89.0 cm³/mol. The van der Waals surface area contributed by atoms with Crippen molar-refractivity contribution in [3.05, 3.63) is 33.3 Å². The van der Waals surface area contributed by atoms with E-state index >= 15 is 0 Å². The van der Waals surface area contributed by atoms with Crippen LogP contribution in [0.3, 0.4) is 0 Å². The number of hydrogen-bond acceptors (Lipinski definition) is 4. The summed E-state index contributed by atoms with van der Waals surface area (Å²) in [6.07, 6.45) is 0.816. The van der Waals surface area contributed by atoms with Crippen LogP contribution in [-0.4, -0.2) is 35.0 Å². The van der Waals surface area contributed by atoms with Gasteiger partial charge in [-0.15, -0.1) is 0 Å². The second-order valence-electron chi connectivity index (χ2n) is 4.52. The molecule has 1 heterocycles. The molecule has 1 aromatic carbocycles. The standard InChI is InChI=1S/C13H15ClN4O3S/c1-2-5-15-12(19)16-13-17(6-7-22-13)10-4-3-9(14)8-11(10)18(20)21/h3-4,8H,2,5-7H2,1H3,(H,15,19). The Labute approximate surface area is 136 Å². The third kappa shape index (κ3) is 3.89. The molecule has 0 atom stereocenters. The Bertz CT molecular complexity index is 623. The molecule has 2 rings (SSSR count). The third-order valence-electron chi connectivity index (χ3n) is 2.93. The van der Waals surface area contributed by atoms with Crippen molar-refractivity contribution < 1.29 is 9.72 Å². The number of nitro groups is 1. The first-order valence-electron chi connectivity index (χ1n) is 6.73. The molecule has 0 saturated carbocycles. The zero-order chi connectivity index (χ0) is 16.1. The van der Waals surface area contributed by atoms with Crippen LogP contribution in [0.15, 0.2) is 23.2 Å². The molecule has 0 spiro atoms. The molecule has 1 saturated heterocycles. The maximum atomic E-state index is 11.7. The van der Waals surface area contributed by atoms with Gasteiger partial charge in [0.15, 0.2) is 5.17 Å². The zero-order valence-corrected chi connectivity index (χ0v) is 13.5. The third-order valence-corrected chi connectivity index (χ3v) is 4.12. The summed E-state index contributed by atoms with van der Waals surface area (Å²) < 4.78 is 0. The van der Waals surface area contributed by atoms with Gasteiger partial charge >= 0.3 is 6.03 Å². The molecular formula is C13H15ClN4O3S. The Hall–Kier alpha value is -1.80. The molecule has 1 aliphatic rings. The second-order valence-corrected chi connectivity index (χ2v) is 6.02. The average molecular weight is 343 g/mol. The van der Waals surface area contributed by atoms with Crippen LogP contribution < -0.4 is 10.2 Å². The van der Waals surface area contributed by atoms with Gasteiger partial charge < -0.3 is 10.2 Å². The van der Waals surface area contributed by atoms with E-state index in [2.05, 4.69) is 10.3 Å². The van der Waals surface area contributed by atoms with Gasteiger partial charge in [0.1, 0.15) is 5.69 Å². The van der Waals surface area contributed by atoms with Gasteiger partial charge in [0, 0.05) is 29.9 Å². The van der Waals surface area contributed by atoms with Gasteiger partial charge in [-0.3, -0.25) is 10.1 Å². The number of nitro benzene ring substituents is 1. The average Bonchev–Trinajstić information content (AvgIpc) is 2.92. The highest BCUT2D eigenvalue weighted by atomic mass is 35.5. The molecule has 7 nitrogen and oxygen atoms in total. The smallest absolute Gasteiger partial charge is 0.336 e. The molecule has 0 bridgehead atoms. The first kappa shape index (κ1) is 16.6. The number of amidine groups is 1. The second kappa shape index (κ2) is 7.46. The molecule has 0 radical (unpaired) electrons. The number of nitrogens with zero attached hydrogens (tertiary/aromatic N) is 3. The van der Waals surface area contributed by atoms with Crippen molar-refractivity contribution in [3.63, 3.8) is 0 Å². The highest BCUT2D eigenvalue weighted by Gasteiger charge is 2.28. The Morgan fingerprint density at radius 1 is 1.59 bits per heavy atom. The minimum absolute atomic E-state index is 0.100. The molecule has 1 aromatic rings. The maximum Gasteiger partial charge on any atom is 0.343 e. The van der Waals surface area contributed by atoms with Crippen LogP contribution in [0.1, 0.15) is 13.3 Å². The van der Waals surface area contributed by atoms with Crippen molar-refractivity contribution in [1.29, 1.82) is 0 Å². The molecule has 1 aliphatic heterocycles. The number of anilines is 1. The highest BCUT2D eigenvalue weighted by Crippen LogP contribution is 2.35. The number of carbonyl (C=O) groups is 1. The lowest BCUT2D eigenvalue weighted by Gasteiger charge is -2.17. The number of thioether (sulfide) groups is 1. The lowest BCUT2D eigenvalue weighted by atomic mass is 10.2. The Morgan fingerprint density at radius 3 is 3.05 bits per heavy atom. The normalized spacial score (nSPS) is 16.1. The van der Waals surface area contributed by atoms with Gasteiger partial charge in [0.2, 0.25) is 0 Å². The fourth-order valence-electron chi connectivity index (χ4n) is 1.95. The van der Waals surface area contributed by atoms with Gasteiger partial charge in [0.25, 0.3) is 5.69 Å². The van der Waals surface area contributed by atoms with Crippen molar-refractivity contribution in [1.82, 2.24) is 5.32 Å². The zero-order valence-electron chi connectivity index (χ0n) is 11.9. The summed E-state index contributed by atoms with van der Waals surface area (Å²) in [6, 6.07) is 4.02. The lowest BCUT2D eigenvalue weighted by Crippen LogP contribution is -2.28. The van der Waals surface area contributed by atoms with Crippen molar-refractivity contribution in [3.8, 4) is 0 Å². The molecular weight excluding hydrogens is 328 g/mol. The van der Waals surface area contributed by atoms with Crippen molar-refractivity contribution in [2.24, 2.45) is 4.99 Å². The van der Waals surface area contributed by atoms with Crippen molar-refractivity contribution in [2.45, 2.75) is 13.3 Å². The topological polar surface area (TPSA) is 87.8 Å². The molecule has 22 heavy (non-hydrogen) atoms.